The number of benzene rings is 2. The molecule has 2 aromatic carbocycles. The lowest BCUT2D eigenvalue weighted by atomic mass is 10.0. The van der Waals surface area contributed by atoms with E-state index in [2.05, 4.69) is 21.0 Å². The van der Waals surface area contributed by atoms with Crippen LogP contribution in [-0.2, 0) is 22.4 Å². The Bertz CT molecular complexity index is 1480. The Kier molecular flexibility index (Phi) is 6.45. The highest BCUT2D eigenvalue weighted by Gasteiger charge is 2.30. The minimum absolute atomic E-state index is 0.0140. The normalized spacial score (nSPS) is 16.4. The maximum atomic E-state index is 13.2. The highest BCUT2D eigenvalue weighted by Crippen LogP contribution is 2.32. The fraction of sp³-hybridized carbons (Fsp3) is 0.200. The fourth-order valence-electron chi connectivity index (χ4n) is 4.76. The first-order chi connectivity index (χ1) is 17.4. The molecule has 0 radical (unpaired) electrons. The van der Waals surface area contributed by atoms with Gasteiger partial charge in [0.05, 0.1) is 0 Å². The van der Waals surface area contributed by atoms with Crippen molar-refractivity contribution < 1.29 is 14.9 Å². The molecular formula is C25H23ClN7O3+. The molecule has 36 heavy (non-hydrogen) atoms. The molecule has 0 saturated heterocycles. The number of carbonyl (C=O) groups excluding carboxylic acids is 2. The van der Waals surface area contributed by atoms with E-state index in [-0.39, 0.29) is 17.4 Å². The van der Waals surface area contributed by atoms with Gasteiger partial charge in [0.15, 0.2) is 0 Å². The molecule has 0 bridgehead atoms. The van der Waals surface area contributed by atoms with Gasteiger partial charge in [-0.1, -0.05) is 16.7 Å². The molecule has 0 spiro atoms. The van der Waals surface area contributed by atoms with Gasteiger partial charge < -0.3 is 15.2 Å². The van der Waals surface area contributed by atoms with Crippen molar-refractivity contribution in [1.29, 1.82) is 5.53 Å². The van der Waals surface area contributed by atoms with Crippen LogP contribution in [0.15, 0.2) is 63.7 Å². The maximum absolute atomic E-state index is 13.2. The van der Waals surface area contributed by atoms with Crippen molar-refractivity contribution in [2.45, 2.75) is 31.7 Å². The zero-order valence-electron chi connectivity index (χ0n) is 19.1. The number of hydrogen-bond donors (Lipinski definition) is 4. The minimum Gasteiger partial charge on any atom is -0.326 e. The molecule has 10 nitrogen and oxygen atoms in total. The van der Waals surface area contributed by atoms with Gasteiger partial charge in [-0.25, -0.2) is 0 Å². The van der Waals surface area contributed by atoms with E-state index in [9.17, 15) is 14.4 Å². The summed E-state index contributed by atoms with van der Waals surface area (Å²) in [5, 5.41) is 14.5. The van der Waals surface area contributed by atoms with Crippen LogP contribution in [0.1, 0.15) is 30.1 Å². The molecule has 182 valence electrons. The Labute approximate surface area is 210 Å². The number of halogens is 1. The largest absolute Gasteiger partial charge is 0.326 e. The van der Waals surface area contributed by atoms with E-state index in [0.717, 1.165) is 28.2 Å². The van der Waals surface area contributed by atoms with Crippen molar-refractivity contribution in [3.8, 4) is 11.1 Å². The second-order valence-corrected chi connectivity index (χ2v) is 9.11. The number of aryl methyl sites for hydroxylation is 2. The first kappa shape index (κ1) is 23.6. The van der Waals surface area contributed by atoms with Gasteiger partial charge in [0.25, 0.3) is 5.56 Å². The highest BCUT2D eigenvalue weighted by atomic mass is 35.5. The summed E-state index contributed by atoms with van der Waals surface area (Å²) >= 11 is 6.23. The third kappa shape index (κ3) is 4.68. The lowest BCUT2D eigenvalue weighted by Gasteiger charge is -2.19. The number of fused-ring (bicyclic) bond motifs is 2. The van der Waals surface area contributed by atoms with Crippen molar-refractivity contribution in [1.82, 2.24) is 4.57 Å². The van der Waals surface area contributed by atoms with Crippen molar-refractivity contribution in [2.24, 2.45) is 10.3 Å². The smallest absolute Gasteiger partial charge is 0.252 e. The summed E-state index contributed by atoms with van der Waals surface area (Å²) in [4.78, 5) is 37.9. The molecule has 1 atom stereocenters. The number of quaternary nitrogens is 1. The van der Waals surface area contributed by atoms with E-state index in [1.165, 1.54) is 12.4 Å². The van der Waals surface area contributed by atoms with Gasteiger partial charge in [-0.05, 0) is 72.0 Å². The van der Waals surface area contributed by atoms with E-state index in [4.69, 9.17) is 17.1 Å². The number of rotatable bonds is 6. The number of hydrogen-bond acceptors (Lipinski definition) is 5. The molecule has 2 amide bonds. The van der Waals surface area contributed by atoms with E-state index in [1.807, 2.05) is 12.1 Å². The van der Waals surface area contributed by atoms with E-state index < -0.39 is 6.04 Å². The SMILES string of the molecule is N=N/N=C\[NH2+]c1ccc(Cl)cc1-c1cc2n(c(=O)c1)[C@H](C(=O)Nc1ccc3c(c1)CCC(=O)N3)CC2. The summed E-state index contributed by atoms with van der Waals surface area (Å²) in [6.45, 7) is 0. The number of nitrogens with two attached hydrogens (primary N) is 1. The first-order valence-corrected chi connectivity index (χ1v) is 11.8. The number of amides is 2. The highest BCUT2D eigenvalue weighted by molar-refractivity contribution is 6.31. The summed E-state index contributed by atoms with van der Waals surface area (Å²) in [5.74, 6) is -0.268. The number of aromatic nitrogens is 1. The molecule has 1 aromatic heterocycles. The lowest BCUT2D eigenvalue weighted by molar-refractivity contribution is -0.432. The molecule has 0 unspecified atom stereocenters. The average molecular weight is 505 g/mol. The topological polar surface area (TPSA) is 145 Å². The molecule has 2 aliphatic rings. The van der Waals surface area contributed by atoms with Crippen LogP contribution in [-0.4, -0.2) is 22.7 Å². The Hall–Kier alpha value is -4.15. The van der Waals surface area contributed by atoms with Crippen LogP contribution in [0.25, 0.3) is 11.1 Å². The van der Waals surface area contributed by atoms with Crippen molar-refractivity contribution in [3.05, 3.63) is 75.2 Å². The van der Waals surface area contributed by atoms with Gasteiger partial charge in [0.2, 0.25) is 18.2 Å². The number of pyridine rings is 1. The van der Waals surface area contributed by atoms with Crippen LogP contribution in [0, 0.1) is 5.53 Å². The number of anilines is 2. The summed E-state index contributed by atoms with van der Waals surface area (Å²) in [5.41, 5.74) is 11.9. The van der Waals surface area contributed by atoms with E-state index in [1.54, 1.807) is 40.2 Å². The van der Waals surface area contributed by atoms with Gasteiger partial charge in [-0.15, -0.1) is 0 Å². The van der Waals surface area contributed by atoms with Gasteiger partial charge in [0, 0.05) is 46.2 Å². The maximum Gasteiger partial charge on any atom is 0.252 e. The summed E-state index contributed by atoms with van der Waals surface area (Å²) < 4.78 is 1.55. The Balaban J connectivity index is 1.40. The van der Waals surface area contributed by atoms with E-state index in [0.29, 0.717) is 42.0 Å². The molecule has 3 heterocycles. The molecule has 2 aliphatic heterocycles. The predicted molar refractivity (Wildman–Crippen MR) is 136 cm³/mol. The van der Waals surface area contributed by atoms with Crippen molar-refractivity contribution in [2.75, 3.05) is 10.6 Å². The van der Waals surface area contributed by atoms with Crippen LogP contribution in [0.2, 0.25) is 5.02 Å². The summed E-state index contributed by atoms with van der Waals surface area (Å²) in [6.07, 6.45) is 3.52. The van der Waals surface area contributed by atoms with Crippen LogP contribution < -0.4 is 21.5 Å². The Morgan fingerprint density at radius 1 is 1.14 bits per heavy atom. The van der Waals surface area contributed by atoms with Gasteiger partial charge >= 0.3 is 0 Å². The second kappa shape index (κ2) is 9.84. The first-order valence-electron chi connectivity index (χ1n) is 11.4. The Morgan fingerprint density at radius 2 is 2.00 bits per heavy atom. The average Bonchev–Trinajstić information content (AvgIpc) is 3.30. The van der Waals surface area contributed by atoms with Crippen LogP contribution >= 0.6 is 11.6 Å². The molecule has 0 fully saturated rings. The van der Waals surface area contributed by atoms with Crippen LogP contribution in [0.3, 0.4) is 0 Å². The van der Waals surface area contributed by atoms with Crippen molar-refractivity contribution in [3.63, 3.8) is 0 Å². The number of nitrogens with one attached hydrogen (secondary N) is 3. The predicted octanol–water partition coefficient (Wildman–Crippen LogP) is 3.35. The number of nitrogens with zero attached hydrogens (tertiary/aromatic N) is 3. The van der Waals surface area contributed by atoms with Crippen LogP contribution in [0.5, 0.6) is 0 Å². The minimum atomic E-state index is -0.617. The quantitative estimate of drug-likeness (QED) is 0.134. The monoisotopic (exact) mass is 504 g/mol. The Morgan fingerprint density at radius 3 is 2.83 bits per heavy atom. The molecule has 5 N–H and O–H groups in total. The van der Waals surface area contributed by atoms with Crippen molar-refractivity contribution >= 4 is 46.8 Å². The van der Waals surface area contributed by atoms with E-state index >= 15 is 0 Å². The lowest BCUT2D eigenvalue weighted by Crippen LogP contribution is -2.76. The van der Waals surface area contributed by atoms with Gasteiger partial charge in [0.1, 0.15) is 11.7 Å². The molecule has 3 aromatic rings. The third-order valence-electron chi connectivity index (χ3n) is 6.41. The van der Waals surface area contributed by atoms with Gasteiger partial charge in [-0.3, -0.25) is 19.7 Å². The molecular weight excluding hydrogens is 482 g/mol. The molecule has 11 heteroatoms. The molecule has 5 rings (SSSR count). The summed E-state index contributed by atoms with van der Waals surface area (Å²) in [7, 11) is 0. The zero-order chi connectivity index (χ0) is 25.2. The van der Waals surface area contributed by atoms with Crippen LogP contribution in [0.4, 0.5) is 17.1 Å². The zero-order valence-corrected chi connectivity index (χ0v) is 19.9. The molecule has 0 aliphatic carbocycles. The fourth-order valence-corrected chi connectivity index (χ4v) is 4.93. The number of carbonyl (C=O) groups is 2. The second-order valence-electron chi connectivity index (χ2n) is 8.67. The standard InChI is InChI=1S/C25H22ClN7O3/c26-16-2-5-21(28-13-29-32-27)19(12-16)15-10-18-4-7-22(33(18)24(35)11-15)25(36)30-17-3-6-20-14(9-17)1-8-23(34)31-20/h2-3,5-6,9-13,22H,1,4,7-8H2,(H,30,36)(H,31,34)(H2,27,28,29)/p+1/t22-/m0/s1. The van der Waals surface area contributed by atoms with Gasteiger partial charge in [-0.2, -0.15) is 5.53 Å². The molecule has 0 saturated carbocycles. The third-order valence-corrected chi connectivity index (χ3v) is 6.64. The summed E-state index contributed by atoms with van der Waals surface area (Å²) in [6, 6.07) is 13.5.